The number of rotatable bonds is 4. The molecule has 6 atom stereocenters. The van der Waals surface area contributed by atoms with E-state index >= 15 is 4.79 Å². The fourth-order valence-corrected chi connectivity index (χ4v) is 9.59. The number of nitrogens with zero attached hydrogens (tertiary/aromatic N) is 3. The van der Waals surface area contributed by atoms with Crippen LogP contribution < -0.4 is 10.2 Å². The standard InChI is InChI=1S/C39H33Cl2F3N4O6/c1-37(2,3)47-33(50)25-10-9-24-26(30(25)35(47)52)15-27-34(51)48(46-32-28(41)14-21(16-45-32)39(42,43)44)36(53)38(27,20-4-6-22(40)7-5-20)31(24)19-12-18-13-23(49)8-11-29(18)54-17-19/h4-9,11,13-14,16-17,25-27,30-31,49H,10,12,15H2,1-3H3,(H,45,46)/t25-,26+,27-,30-,31-,38+/m0/s1. The number of likely N-dealkylation sites (tertiary alicyclic amines) is 1. The summed E-state index contributed by atoms with van der Waals surface area (Å²) >= 11 is 12.6. The summed E-state index contributed by atoms with van der Waals surface area (Å²) in [6.07, 6.45) is -0.370. The summed E-state index contributed by atoms with van der Waals surface area (Å²) in [5, 5.41) is 11.0. The number of aromatic nitrogens is 1. The molecule has 0 radical (unpaired) electrons. The summed E-state index contributed by atoms with van der Waals surface area (Å²) in [5.41, 5.74) is 1.28. The number of amides is 4. The summed E-state index contributed by atoms with van der Waals surface area (Å²) < 4.78 is 46.5. The molecule has 2 aliphatic carbocycles. The van der Waals surface area contributed by atoms with Crippen molar-refractivity contribution < 1.29 is 42.2 Å². The second-order valence-electron chi connectivity index (χ2n) is 15.4. The van der Waals surface area contributed by atoms with E-state index in [1.54, 1.807) is 57.2 Å². The van der Waals surface area contributed by atoms with E-state index in [2.05, 4.69) is 10.4 Å². The Hall–Kier alpha value is -4.88. The first-order chi connectivity index (χ1) is 25.4. The number of halogens is 5. The highest BCUT2D eigenvalue weighted by atomic mass is 35.5. The molecular formula is C39H33Cl2F3N4O6. The minimum Gasteiger partial charge on any atom is -0.508 e. The molecule has 2 saturated heterocycles. The lowest BCUT2D eigenvalue weighted by Gasteiger charge is -2.51. The summed E-state index contributed by atoms with van der Waals surface area (Å²) in [6.45, 7) is 5.34. The molecule has 4 amide bonds. The Labute approximate surface area is 317 Å². The van der Waals surface area contributed by atoms with Crippen molar-refractivity contribution in [3.8, 4) is 11.5 Å². The Morgan fingerprint density at radius 3 is 2.35 bits per heavy atom. The topological polar surface area (TPSA) is 129 Å². The van der Waals surface area contributed by atoms with Gasteiger partial charge in [0.15, 0.2) is 5.82 Å². The molecule has 10 nitrogen and oxygen atoms in total. The number of hydrazine groups is 1. The molecule has 2 N–H and O–H groups in total. The fraction of sp³-hybridized carbons (Fsp3) is 0.359. The van der Waals surface area contributed by atoms with E-state index in [1.165, 1.54) is 17.2 Å². The molecule has 54 heavy (non-hydrogen) atoms. The second kappa shape index (κ2) is 12.3. The fourth-order valence-electron chi connectivity index (χ4n) is 9.26. The number of ether oxygens (including phenoxy) is 1. The van der Waals surface area contributed by atoms with Gasteiger partial charge in [-0.25, -0.2) is 4.98 Å². The highest BCUT2D eigenvalue weighted by Gasteiger charge is 2.71. The Morgan fingerprint density at radius 1 is 0.963 bits per heavy atom. The highest BCUT2D eigenvalue weighted by Crippen LogP contribution is 2.63. The van der Waals surface area contributed by atoms with Crippen LogP contribution in [-0.4, -0.2) is 49.2 Å². The molecule has 1 aromatic heterocycles. The number of anilines is 1. The average molecular weight is 782 g/mol. The number of imide groups is 2. The van der Waals surface area contributed by atoms with Crippen LogP contribution in [0.2, 0.25) is 10.0 Å². The van der Waals surface area contributed by atoms with Gasteiger partial charge in [-0.3, -0.25) is 29.5 Å². The lowest BCUT2D eigenvalue weighted by molar-refractivity contribution is -0.146. The summed E-state index contributed by atoms with van der Waals surface area (Å²) in [4.78, 5) is 63.5. The molecule has 0 spiro atoms. The van der Waals surface area contributed by atoms with Gasteiger partial charge in [-0.15, -0.1) is 0 Å². The van der Waals surface area contributed by atoms with Gasteiger partial charge in [0.1, 0.15) is 11.5 Å². The van der Waals surface area contributed by atoms with Crippen LogP contribution in [0.3, 0.4) is 0 Å². The first kappa shape index (κ1) is 36.1. The van der Waals surface area contributed by atoms with Crippen molar-refractivity contribution in [2.24, 2.45) is 29.6 Å². The van der Waals surface area contributed by atoms with E-state index in [4.69, 9.17) is 27.9 Å². The minimum atomic E-state index is -4.75. The van der Waals surface area contributed by atoms with Crippen LogP contribution in [0.5, 0.6) is 11.5 Å². The normalized spacial score (nSPS) is 27.8. The van der Waals surface area contributed by atoms with Crippen molar-refractivity contribution in [3.63, 3.8) is 0 Å². The van der Waals surface area contributed by atoms with Crippen molar-refractivity contribution in [3.05, 3.63) is 105 Å². The summed E-state index contributed by atoms with van der Waals surface area (Å²) in [7, 11) is 0. The molecule has 3 fully saturated rings. The number of carbonyl (C=O) groups excluding carboxylic acids is 4. The van der Waals surface area contributed by atoms with Crippen LogP contribution in [0.15, 0.2) is 78.2 Å². The SMILES string of the molecule is CC(C)(C)N1C(=O)[C@H]2[C@H](CC=C3[C@H](C4=COc5ccc(O)cc5C4)[C@]4(c5ccc(Cl)cc5)C(=O)N(Nc5ncc(C(F)(F)F)cc5Cl)C(=O)[C@@H]4C[C@H]32)C1=O. The second-order valence-corrected chi connectivity index (χ2v) is 16.2. The van der Waals surface area contributed by atoms with E-state index < -0.39 is 69.1 Å². The molecule has 0 unspecified atom stereocenters. The summed E-state index contributed by atoms with van der Waals surface area (Å²) in [6, 6.07) is 11.8. The number of hydrogen-bond donors (Lipinski definition) is 2. The van der Waals surface area contributed by atoms with Crippen molar-refractivity contribution in [1.82, 2.24) is 14.9 Å². The maximum Gasteiger partial charge on any atom is 0.417 e. The third kappa shape index (κ3) is 5.33. The van der Waals surface area contributed by atoms with Crippen LogP contribution in [-0.2, 0) is 37.2 Å². The van der Waals surface area contributed by atoms with Crippen molar-refractivity contribution >= 4 is 52.6 Å². The maximum absolute atomic E-state index is 15.3. The van der Waals surface area contributed by atoms with E-state index in [9.17, 15) is 32.7 Å². The quantitative estimate of drug-likeness (QED) is 0.209. The molecular weight excluding hydrogens is 748 g/mol. The van der Waals surface area contributed by atoms with E-state index in [0.29, 0.717) is 45.3 Å². The highest BCUT2D eigenvalue weighted by molar-refractivity contribution is 6.33. The first-order valence-corrected chi connectivity index (χ1v) is 18.1. The van der Waals surface area contributed by atoms with Gasteiger partial charge in [0.25, 0.3) is 11.8 Å². The van der Waals surface area contributed by atoms with Gasteiger partial charge >= 0.3 is 6.18 Å². The van der Waals surface area contributed by atoms with Gasteiger partial charge in [-0.1, -0.05) is 47.0 Å². The number of fused-ring (bicyclic) bond motifs is 5. The molecule has 1 saturated carbocycles. The molecule has 3 aliphatic heterocycles. The Morgan fingerprint density at radius 2 is 1.69 bits per heavy atom. The Kier molecular flexibility index (Phi) is 8.24. The van der Waals surface area contributed by atoms with E-state index in [0.717, 1.165) is 5.01 Å². The maximum atomic E-state index is 15.3. The number of phenols is 1. The zero-order valence-corrected chi connectivity index (χ0v) is 30.6. The van der Waals surface area contributed by atoms with Crippen LogP contribution in [0.25, 0.3) is 0 Å². The Bertz CT molecular complexity index is 2220. The minimum absolute atomic E-state index is 0.00837. The zero-order valence-electron chi connectivity index (χ0n) is 29.1. The van der Waals surface area contributed by atoms with Gasteiger partial charge in [0, 0.05) is 34.7 Å². The number of aromatic hydroxyl groups is 1. The number of phenolic OH excluding ortho intramolecular Hbond substituents is 1. The zero-order chi connectivity index (χ0) is 38.6. The van der Waals surface area contributed by atoms with Gasteiger partial charge in [-0.05, 0) is 87.1 Å². The predicted octanol–water partition coefficient (Wildman–Crippen LogP) is 7.25. The predicted molar refractivity (Wildman–Crippen MR) is 190 cm³/mol. The third-order valence-corrected chi connectivity index (χ3v) is 11.9. The monoisotopic (exact) mass is 780 g/mol. The van der Waals surface area contributed by atoms with Gasteiger partial charge in [0.2, 0.25) is 11.8 Å². The molecule has 0 bridgehead atoms. The number of hydrogen-bond acceptors (Lipinski definition) is 8. The van der Waals surface area contributed by atoms with Crippen LogP contribution in [0.4, 0.5) is 19.0 Å². The number of pyridine rings is 1. The van der Waals surface area contributed by atoms with Crippen molar-refractivity contribution in [2.75, 3.05) is 5.43 Å². The molecule has 2 aromatic carbocycles. The average Bonchev–Trinajstić information content (AvgIpc) is 3.49. The molecule has 15 heteroatoms. The lowest BCUT2D eigenvalue weighted by atomic mass is 9.48. The van der Waals surface area contributed by atoms with E-state index in [1.807, 2.05) is 6.08 Å². The van der Waals surface area contributed by atoms with Crippen molar-refractivity contribution in [1.29, 1.82) is 0 Å². The van der Waals surface area contributed by atoms with Gasteiger partial charge in [0.05, 0.1) is 40.0 Å². The van der Waals surface area contributed by atoms with E-state index in [-0.39, 0.29) is 42.6 Å². The summed E-state index contributed by atoms with van der Waals surface area (Å²) in [5.74, 6) is -6.24. The number of benzene rings is 2. The van der Waals surface area contributed by atoms with Crippen molar-refractivity contribution in [2.45, 2.75) is 57.2 Å². The number of alkyl halides is 3. The Balaban J connectivity index is 1.32. The number of allylic oxidation sites excluding steroid dienone is 3. The van der Waals surface area contributed by atoms with Crippen LogP contribution >= 0.6 is 23.2 Å². The molecule has 5 aliphatic rings. The van der Waals surface area contributed by atoms with Crippen LogP contribution in [0, 0.1) is 29.6 Å². The van der Waals surface area contributed by atoms with Crippen LogP contribution in [0.1, 0.15) is 50.3 Å². The molecule has 8 rings (SSSR count). The molecule has 4 heterocycles. The number of nitrogens with one attached hydrogen (secondary N) is 1. The number of carbonyl (C=O) groups is 4. The lowest BCUT2D eigenvalue weighted by Crippen LogP contribution is -2.55. The van der Waals surface area contributed by atoms with Gasteiger partial charge < -0.3 is 9.84 Å². The van der Waals surface area contributed by atoms with Gasteiger partial charge in [-0.2, -0.15) is 18.2 Å². The third-order valence-electron chi connectivity index (χ3n) is 11.4. The molecule has 3 aromatic rings. The first-order valence-electron chi connectivity index (χ1n) is 17.3. The largest absolute Gasteiger partial charge is 0.508 e. The smallest absolute Gasteiger partial charge is 0.417 e. The molecule has 280 valence electrons.